The number of aryl methyl sites for hydroxylation is 1. The average Bonchev–Trinajstić information content (AvgIpc) is 2.27. The van der Waals surface area contributed by atoms with Gasteiger partial charge < -0.3 is 11.1 Å². The molecule has 0 heterocycles. The number of nitrogens with one attached hydrogen (secondary N) is 1. The fourth-order valence-electron chi connectivity index (χ4n) is 1.44. The number of thioether (sulfide) groups is 1. The van der Waals surface area contributed by atoms with E-state index in [1.54, 1.807) is 0 Å². The SMILES string of the molecule is CCC(C)(C)NC(=O)CSc1ccc(C)cc1N. The van der Waals surface area contributed by atoms with Crippen LogP contribution in [0.15, 0.2) is 23.1 Å². The monoisotopic (exact) mass is 266 g/mol. The van der Waals surface area contributed by atoms with Crippen molar-refractivity contribution in [1.82, 2.24) is 5.32 Å². The molecule has 0 spiro atoms. The first-order valence-corrected chi connectivity index (χ1v) is 7.12. The van der Waals surface area contributed by atoms with Gasteiger partial charge in [0.25, 0.3) is 0 Å². The quantitative estimate of drug-likeness (QED) is 0.636. The Morgan fingerprint density at radius 3 is 2.67 bits per heavy atom. The molecule has 0 aliphatic rings. The van der Waals surface area contributed by atoms with Crippen molar-refractivity contribution in [3.05, 3.63) is 23.8 Å². The number of hydrogen-bond donors (Lipinski definition) is 2. The fraction of sp³-hybridized carbons (Fsp3) is 0.500. The summed E-state index contributed by atoms with van der Waals surface area (Å²) in [4.78, 5) is 12.8. The highest BCUT2D eigenvalue weighted by molar-refractivity contribution is 8.00. The summed E-state index contributed by atoms with van der Waals surface area (Å²) in [5.74, 6) is 0.447. The van der Waals surface area contributed by atoms with E-state index in [0.29, 0.717) is 5.75 Å². The van der Waals surface area contributed by atoms with E-state index >= 15 is 0 Å². The number of nitrogen functional groups attached to an aromatic ring is 1. The van der Waals surface area contributed by atoms with Crippen LogP contribution in [-0.4, -0.2) is 17.2 Å². The molecule has 0 bridgehead atoms. The van der Waals surface area contributed by atoms with Gasteiger partial charge in [-0.15, -0.1) is 11.8 Å². The third-order valence-corrected chi connectivity index (χ3v) is 3.98. The zero-order chi connectivity index (χ0) is 13.8. The van der Waals surface area contributed by atoms with Gasteiger partial charge in [-0.2, -0.15) is 0 Å². The highest BCUT2D eigenvalue weighted by Crippen LogP contribution is 2.25. The zero-order valence-electron chi connectivity index (χ0n) is 11.5. The molecule has 4 heteroatoms. The lowest BCUT2D eigenvalue weighted by molar-refractivity contribution is -0.120. The number of amides is 1. The standard InChI is InChI=1S/C14H22N2OS/c1-5-14(3,4)16-13(17)9-18-12-7-6-10(2)8-11(12)15/h6-8H,5,9,15H2,1-4H3,(H,16,17). The van der Waals surface area contributed by atoms with Crippen molar-refractivity contribution in [2.75, 3.05) is 11.5 Å². The van der Waals surface area contributed by atoms with Crippen molar-refractivity contribution in [3.63, 3.8) is 0 Å². The average molecular weight is 266 g/mol. The molecule has 3 N–H and O–H groups in total. The van der Waals surface area contributed by atoms with Crippen LogP contribution in [0.5, 0.6) is 0 Å². The van der Waals surface area contributed by atoms with Gasteiger partial charge in [0.2, 0.25) is 5.91 Å². The number of carbonyl (C=O) groups is 1. The predicted octanol–water partition coefficient (Wildman–Crippen LogP) is 2.97. The van der Waals surface area contributed by atoms with Gasteiger partial charge in [0.1, 0.15) is 0 Å². The van der Waals surface area contributed by atoms with Crippen LogP contribution in [0.4, 0.5) is 5.69 Å². The molecule has 1 aromatic rings. The Morgan fingerprint density at radius 2 is 2.11 bits per heavy atom. The van der Waals surface area contributed by atoms with E-state index < -0.39 is 0 Å². The van der Waals surface area contributed by atoms with Crippen molar-refractivity contribution < 1.29 is 4.79 Å². The third-order valence-electron chi connectivity index (χ3n) is 2.89. The second-order valence-corrected chi connectivity index (χ2v) is 6.13. The largest absolute Gasteiger partial charge is 0.398 e. The summed E-state index contributed by atoms with van der Waals surface area (Å²) < 4.78 is 0. The van der Waals surface area contributed by atoms with Crippen molar-refractivity contribution in [2.45, 2.75) is 44.6 Å². The molecular formula is C14H22N2OS. The lowest BCUT2D eigenvalue weighted by Gasteiger charge is -2.24. The normalized spacial score (nSPS) is 11.3. The molecule has 0 aliphatic heterocycles. The number of benzene rings is 1. The molecule has 0 atom stereocenters. The number of carbonyl (C=O) groups excluding carboxylic acids is 1. The fourth-order valence-corrected chi connectivity index (χ4v) is 2.19. The van der Waals surface area contributed by atoms with Crippen LogP contribution >= 0.6 is 11.8 Å². The Labute approximate surface area is 114 Å². The minimum Gasteiger partial charge on any atom is -0.398 e. The molecule has 1 aromatic carbocycles. The summed E-state index contributed by atoms with van der Waals surface area (Å²) in [6, 6.07) is 5.90. The Balaban J connectivity index is 2.53. The first-order chi connectivity index (χ1) is 8.34. The van der Waals surface area contributed by atoms with Gasteiger partial charge in [-0.1, -0.05) is 13.0 Å². The van der Waals surface area contributed by atoms with Crippen LogP contribution in [0.2, 0.25) is 0 Å². The van der Waals surface area contributed by atoms with Gasteiger partial charge in [0.05, 0.1) is 5.75 Å². The molecule has 3 nitrogen and oxygen atoms in total. The lowest BCUT2D eigenvalue weighted by Crippen LogP contribution is -2.43. The molecule has 0 saturated heterocycles. The lowest BCUT2D eigenvalue weighted by atomic mass is 10.0. The van der Waals surface area contributed by atoms with Crippen molar-refractivity contribution in [2.24, 2.45) is 0 Å². The van der Waals surface area contributed by atoms with Gasteiger partial charge >= 0.3 is 0 Å². The smallest absolute Gasteiger partial charge is 0.230 e. The maximum absolute atomic E-state index is 11.8. The van der Waals surface area contributed by atoms with Gasteiger partial charge in [0, 0.05) is 16.1 Å². The molecule has 1 amide bonds. The van der Waals surface area contributed by atoms with Crippen LogP contribution < -0.4 is 11.1 Å². The summed E-state index contributed by atoms with van der Waals surface area (Å²) in [5, 5.41) is 3.01. The Kier molecular flexibility index (Phi) is 5.08. The second-order valence-electron chi connectivity index (χ2n) is 5.12. The summed E-state index contributed by atoms with van der Waals surface area (Å²) in [5.41, 5.74) is 7.64. The first-order valence-electron chi connectivity index (χ1n) is 6.14. The van der Waals surface area contributed by atoms with Crippen LogP contribution in [0.25, 0.3) is 0 Å². The van der Waals surface area contributed by atoms with Gasteiger partial charge in [-0.25, -0.2) is 0 Å². The van der Waals surface area contributed by atoms with Crippen LogP contribution in [0.3, 0.4) is 0 Å². The zero-order valence-corrected chi connectivity index (χ0v) is 12.4. The van der Waals surface area contributed by atoms with Crippen LogP contribution in [-0.2, 0) is 4.79 Å². The summed E-state index contributed by atoms with van der Waals surface area (Å²) >= 11 is 1.48. The Hall–Kier alpha value is -1.16. The first kappa shape index (κ1) is 14.9. The molecule has 0 aliphatic carbocycles. The summed E-state index contributed by atoms with van der Waals surface area (Å²) in [6.45, 7) is 8.11. The van der Waals surface area contributed by atoms with E-state index in [2.05, 4.69) is 12.2 Å². The predicted molar refractivity (Wildman–Crippen MR) is 78.8 cm³/mol. The maximum atomic E-state index is 11.8. The number of hydrogen-bond acceptors (Lipinski definition) is 3. The molecule has 0 unspecified atom stereocenters. The Bertz CT molecular complexity index is 430. The van der Waals surface area contributed by atoms with Gasteiger partial charge in [0.15, 0.2) is 0 Å². The maximum Gasteiger partial charge on any atom is 0.230 e. The summed E-state index contributed by atoms with van der Waals surface area (Å²) in [6.07, 6.45) is 0.913. The highest BCUT2D eigenvalue weighted by Gasteiger charge is 2.17. The summed E-state index contributed by atoms with van der Waals surface area (Å²) in [7, 11) is 0. The van der Waals surface area contributed by atoms with Crippen LogP contribution in [0, 0.1) is 6.92 Å². The molecule has 0 saturated carbocycles. The van der Waals surface area contributed by atoms with Crippen molar-refractivity contribution in [1.29, 1.82) is 0 Å². The topological polar surface area (TPSA) is 55.1 Å². The van der Waals surface area contributed by atoms with E-state index in [-0.39, 0.29) is 11.4 Å². The second kappa shape index (κ2) is 6.14. The number of rotatable bonds is 5. The third kappa shape index (κ3) is 4.61. The molecule has 1 rings (SSSR count). The minimum absolute atomic E-state index is 0.0480. The van der Waals surface area contributed by atoms with E-state index in [9.17, 15) is 4.79 Å². The van der Waals surface area contributed by atoms with Gasteiger partial charge in [-0.3, -0.25) is 4.79 Å². The highest BCUT2D eigenvalue weighted by atomic mass is 32.2. The molecular weight excluding hydrogens is 244 g/mol. The Morgan fingerprint density at radius 1 is 1.44 bits per heavy atom. The number of anilines is 1. The van der Waals surface area contributed by atoms with E-state index in [4.69, 9.17) is 5.73 Å². The van der Waals surface area contributed by atoms with Crippen molar-refractivity contribution in [3.8, 4) is 0 Å². The van der Waals surface area contributed by atoms with E-state index in [0.717, 1.165) is 22.6 Å². The van der Waals surface area contributed by atoms with E-state index in [1.165, 1.54) is 11.8 Å². The molecule has 100 valence electrons. The molecule has 0 fully saturated rings. The molecule has 0 radical (unpaired) electrons. The number of nitrogens with two attached hydrogens (primary N) is 1. The minimum atomic E-state index is -0.142. The van der Waals surface area contributed by atoms with E-state index in [1.807, 2.05) is 39.0 Å². The van der Waals surface area contributed by atoms with Gasteiger partial charge in [-0.05, 0) is 44.9 Å². The molecule has 0 aromatic heterocycles. The van der Waals surface area contributed by atoms with Crippen molar-refractivity contribution >= 4 is 23.4 Å². The van der Waals surface area contributed by atoms with Crippen LogP contribution in [0.1, 0.15) is 32.8 Å². The molecule has 18 heavy (non-hydrogen) atoms.